The number of nitrogens with zero attached hydrogens (tertiary/aromatic N) is 4. The molecule has 3 rings (SSSR count). The summed E-state index contributed by atoms with van der Waals surface area (Å²) in [7, 11) is 0. The minimum absolute atomic E-state index is 0.0293. The number of aromatic nitrogens is 4. The van der Waals surface area contributed by atoms with Gasteiger partial charge >= 0.3 is 6.18 Å². The van der Waals surface area contributed by atoms with E-state index in [1.165, 1.54) is 5.56 Å². The summed E-state index contributed by atoms with van der Waals surface area (Å²) in [5.41, 5.74) is 3.12. The summed E-state index contributed by atoms with van der Waals surface area (Å²) in [4.78, 5) is 8.66. The number of rotatable bonds is 3. The van der Waals surface area contributed by atoms with Crippen molar-refractivity contribution in [2.45, 2.75) is 65.6 Å². The second-order valence-corrected chi connectivity index (χ2v) is 8.29. The average Bonchev–Trinajstić information content (AvgIpc) is 2.90. The molecule has 0 N–H and O–H groups in total. The summed E-state index contributed by atoms with van der Waals surface area (Å²) in [5.74, 6) is 0.514. The molecule has 7 heteroatoms. The SMILES string of the molecule is Cc1nc(C)c2c(CC(F)(F)F)nn(C(C)c3ccc(C(C)(C)C)cc3)c2n1. The van der Waals surface area contributed by atoms with E-state index in [0.717, 1.165) is 5.56 Å². The molecule has 1 atom stereocenters. The highest BCUT2D eigenvalue weighted by atomic mass is 19.4. The van der Waals surface area contributed by atoms with Crippen molar-refractivity contribution >= 4 is 11.0 Å². The fourth-order valence-electron chi connectivity index (χ4n) is 3.41. The van der Waals surface area contributed by atoms with E-state index in [0.29, 0.717) is 22.6 Å². The van der Waals surface area contributed by atoms with Gasteiger partial charge in [-0.3, -0.25) is 0 Å². The number of halogens is 3. The van der Waals surface area contributed by atoms with Crippen molar-refractivity contribution < 1.29 is 13.2 Å². The van der Waals surface area contributed by atoms with Gasteiger partial charge in [0.1, 0.15) is 5.82 Å². The number of alkyl halides is 3. The lowest BCUT2D eigenvalue weighted by molar-refractivity contribution is -0.127. The van der Waals surface area contributed by atoms with E-state index < -0.39 is 12.6 Å². The van der Waals surface area contributed by atoms with E-state index in [4.69, 9.17) is 0 Å². The lowest BCUT2D eigenvalue weighted by Crippen LogP contribution is -2.14. The van der Waals surface area contributed by atoms with Gasteiger partial charge in [-0.1, -0.05) is 45.0 Å². The van der Waals surface area contributed by atoms with E-state index in [1.54, 1.807) is 18.5 Å². The van der Waals surface area contributed by atoms with Crippen LogP contribution < -0.4 is 0 Å². The molecule has 0 aliphatic rings. The molecule has 0 aliphatic carbocycles. The molecule has 0 saturated carbocycles. The van der Waals surface area contributed by atoms with Crippen LogP contribution in [0.1, 0.15) is 62.1 Å². The molecular weight excluding hydrogens is 365 g/mol. The zero-order valence-electron chi connectivity index (χ0n) is 17.0. The standard InChI is InChI=1S/C21H25F3N4/c1-12-18-17(11-21(22,23)24)27-28(19(18)26-14(3)25-12)13(2)15-7-9-16(10-8-15)20(4,5)6/h7-10,13H,11H2,1-6H3. The lowest BCUT2D eigenvalue weighted by atomic mass is 9.86. The molecule has 0 aliphatic heterocycles. The third kappa shape index (κ3) is 4.03. The summed E-state index contributed by atoms with van der Waals surface area (Å²) in [6.07, 6.45) is -5.44. The highest BCUT2D eigenvalue weighted by molar-refractivity contribution is 5.81. The molecule has 0 radical (unpaired) electrons. The number of hydrogen-bond acceptors (Lipinski definition) is 3. The molecule has 0 fully saturated rings. The Hall–Kier alpha value is -2.44. The zero-order chi connectivity index (χ0) is 20.9. The molecule has 28 heavy (non-hydrogen) atoms. The molecule has 4 nitrogen and oxygen atoms in total. The molecule has 0 amide bonds. The smallest absolute Gasteiger partial charge is 0.240 e. The maximum atomic E-state index is 13.1. The average molecular weight is 390 g/mol. The van der Waals surface area contributed by atoms with Crippen LogP contribution in [0.5, 0.6) is 0 Å². The van der Waals surface area contributed by atoms with Gasteiger partial charge in [0.25, 0.3) is 0 Å². The van der Waals surface area contributed by atoms with Crippen molar-refractivity contribution in [3.63, 3.8) is 0 Å². The molecule has 0 saturated heterocycles. The Bertz CT molecular complexity index is 996. The van der Waals surface area contributed by atoms with Gasteiger partial charge in [-0.25, -0.2) is 14.6 Å². The molecule has 0 bridgehead atoms. The minimum atomic E-state index is -4.35. The van der Waals surface area contributed by atoms with Gasteiger partial charge < -0.3 is 0 Å². The number of fused-ring (bicyclic) bond motifs is 1. The van der Waals surface area contributed by atoms with Crippen molar-refractivity contribution in [3.05, 3.63) is 52.6 Å². The molecule has 1 unspecified atom stereocenters. The number of hydrogen-bond donors (Lipinski definition) is 0. The van der Waals surface area contributed by atoms with E-state index in [1.807, 2.05) is 19.1 Å². The predicted octanol–water partition coefficient (Wildman–Crippen LogP) is 5.45. The Morgan fingerprint density at radius 1 is 1.00 bits per heavy atom. The van der Waals surface area contributed by atoms with Crippen molar-refractivity contribution in [2.75, 3.05) is 0 Å². The normalized spacial score (nSPS) is 13.9. The second-order valence-electron chi connectivity index (χ2n) is 8.29. The van der Waals surface area contributed by atoms with Crippen LogP contribution in [-0.2, 0) is 11.8 Å². The van der Waals surface area contributed by atoms with Crippen LogP contribution >= 0.6 is 0 Å². The Labute approximate surface area is 162 Å². The van der Waals surface area contributed by atoms with Crippen LogP contribution in [-0.4, -0.2) is 25.9 Å². The summed E-state index contributed by atoms with van der Waals surface area (Å²) in [6, 6.07) is 7.86. The quantitative estimate of drug-likeness (QED) is 0.597. The summed E-state index contributed by atoms with van der Waals surface area (Å²) < 4.78 is 40.8. The third-order valence-corrected chi connectivity index (χ3v) is 4.91. The maximum absolute atomic E-state index is 13.1. The first-order chi connectivity index (χ1) is 12.9. The largest absolute Gasteiger partial charge is 0.394 e. The summed E-state index contributed by atoms with van der Waals surface area (Å²) in [6.45, 7) is 11.8. The van der Waals surface area contributed by atoms with Crippen LogP contribution in [0.15, 0.2) is 24.3 Å². The minimum Gasteiger partial charge on any atom is -0.240 e. The topological polar surface area (TPSA) is 43.6 Å². The molecule has 3 aromatic rings. The first-order valence-electron chi connectivity index (χ1n) is 9.26. The van der Waals surface area contributed by atoms with E-state index >= 15 is 0 Å². The summed E-state index contributed by atoms with van der Waals surface area (Å²) >= 11 is 0. The second kappa shape index (κ2) is 6.87. The van der Waals surface area contributed by atoms with Crippen molar-refractivity contribution in [3.8, 4) is 0 Å². The van der Waals surface area contributed by atoms with E-state index in [9.17, 15) is 13.2 Å². The fraction of sp³-hybridized carbons (Fsp3) is 0.476. The Morgan fingerprint density at radius 2 is 1.61 bits per heavy atom. The Balaban J connectivity index is 2.11. The first-order valence-corrected chi connectivity index (χ1v) is 9.26. The van der Waals surface area contributed by atoms with Crippen LogP contribution in [0, 0.1) is 13.8 Å². The molecule has 2 aromatic heterocycles. The monoisotopic (exact) mass is 390 g/mol. The highest BCUT2D eigenvalue weighted by Gasteiger charge is 2.32. The van der Waals surface area contributed by atoms with Crippen molar-refractivity contribution in [2.24, 2.45) is 0 Å². The Kier molecular flexibility index (Phi) is 4.98. The van der Waals surface area contributed by atoms with Gasteiger partial charge in [0.15, 0.2) is 5.65 Å². The van der Waals surface area contributed by atoms with Gasteiger partial charge in [-0.2, -0.15) is 18.3 Å². The zero-order valence-corrected chi connectivity index (χ0v) is 17.0. The first kappa shape index (κ1) is 20.3. The Morgan fingerprint density at radius 3 is 2.14 bits per heavy atom. The molecule has 1 aromatic carbocycles. The molecular formula is C21H25F3N4. The predicted molar refractivity (Wildman–Crippen MR) is 104 cm³/mol. The number of aryl methyl sites for hydroxylation is 2. The van der Waals surface area contributed by atoms with Crippen LogP contribution in [0.2, 0.25) is 0 Å². The fourth-order valence-corrected chi connectivity index (χ4v) is 3.41. The van der Waals surface area contributed by atoms with Crippen LogP contribution in [0.4, 0.5) is 13.2 Å². The molecule has 2 heterocycles. The van der Waals surface area contributed by atoms with Gasteiger partial charge in [-0.15, -0.1) is 0 Å². The van der Waals surface area contributed by atoms with Crippen LogP contribution in [0.3, 0.4) is 0 Å². The third-order valence-electron chi connectivity index (χ3n) is 4.91. The van der Waals surface area contributed by atoms with E-state index in [2.05, 4.69) is 48.0 Å². The maximum Gasteiger partial charge on any atom is 0.394 e. The summed E-state index contributed by atoms with van der Waals surface area (Å²) in [5, 5.41) is 4.71. The van der Waals surface area contributed by atoms with Gasteiger partial charge in [0.2, 0.25) is 0 Å². The van der Waals surface area contributed by atoms with E-state index in [-0.39, 0.29) is 17.2 Å². The molecule has 150 valence electrons. The lowest BCUT2D eigenvalue weighted by Gasteiger charge is -2.20. The van der Waals surface area contributed by atoms with Gasteiger partial charge in [-0.05, 0) is 37.3 Å². The number of benzene rings is 1. The van der Waals surface area contributed by atoms with Crippen molar-refractivity contribution in [1.82, 2.24) is 19.7 Å². The highest BCUT2D eigenvalue weighted by Crippen LogP contribution is 2.31. The van der Waals surface area contributed by atoms with Gasteiger partial charge in [0.05, 0.1) is 29.2 Å². The van der Waals surface area contributed by atoms with Crippen molar-refractivity contribution in [1.29, 1.82) is 0 Å². The molecule has 0 spiro atoms. The van der Waals surface area contributed by atoms with Crippen LogP contribution in [0.25, 0.3) is 11.0 Å². The van der Waals surface area contributed by atoms with Gasteiger partial charge in [0, 0.05) is 0 Å².